The van der Waals surface area contributed by atoms with Crippen molar-refractivity contribution in [3.05, 3.63) is 0 Å². The van der Waals surface area contributed by atoms with Crippen LogP contribution in [0, 0.1) is 0 Å². The average molecular weight is 175 g/mol. The van der Waals surface area contributed by atoms with E-state index in [-0.39, 0.29) is 18.7 Å². The Morgan fingerprint density at radius 3 is 2.75 bits per heavy atom. The quantitative estimate of drug-likeness (QED) is 0.585. The number of ether oxygens (including phenoxy) is 2. The lowest BCUT2D eigenvalue weighted by Crippen LogP contribution is -2.20. The molecule has 0 aliphatic heterocycles. The van der Waals surface area contributed by atoms with Gasteiger partial charge in [0.25, 0.3) is 0 Å². The number of methoxy groups -OCH3 is 1. The maximum atomic E-state index is 10.6. The first-order valence-corrected chi connectivity index (χ1v) is 4.03. The molecule has 72 valence electrons. The number of carbonyl (C=O) groups is 1. The van der Waals surface area contributed by atoms with Crippen LogP contribution in [-0.4, -0.2) is 39.4 Å². The van der Waals surface area contributed by atoms with Crippen molar-refractivity contribution < 1.29 is 14.3 Å². The van der Waals surface area contributed by atoms with Gasteiger partial charge in [-0.3, -0.25) is 0 Å². The van der Waals surface area contributed by atoms with Crippen molar-refractivity contribution in [2.45, 2.75) is 19.4 Å². The second kappa shape index (κ2) is 7.06. The standard InChI is InChI=1S/C8H17NO3/c1-7(4-5-9-2)12-6-8(10)11-3/h7,9H,4-6H2,1-3H3. The molecule has 0 heterocycles. The highest BCUT2D eigenvalue weighted by Crippen LogP contribution is 1.95. The van der Waals surface area contributed by atoms with Crippen LogP contribution in [0.3, 0.4) is 0 Å². The number of hydrogen-bond donors (Lipinski definition) is 1. The van der Waals surface area contributed by atoms with Crippen LogP contribution in [0.15, 0.2) is 0 Å². The van der Waals surface area contributed by atoms with Gasteiger partial charge in [0.1, 0.15) is 6.61 Å². The molecule has 0 aromatic heterocycles. The Morgan fingerprint density at radius 2 is 2.25 bits per heavy atom. The SMILES string of the molecule is CNCCC(C)OCC(=O)OC. The van der Waals surface area contributed by atoms with Crippen molar-refractivity contribution in [3.63, 3.8) is 0 Å². The summed E-state index contributed by atoms with van der Waals surface area (Å²) < 4.78 is 9.61. The van der Waals surface area contributed by atoms with E-state index in [2.05, 4.69) is 10.1 Å². The molecule has 0 bridgehead atoms. The first kappa shape index (κ1) is 11.4. The van der Waals surface area contributed by atoms with Crippen LogP contribution in [0.25, 0.3) is 0 Å². The van der Waals surface area contributed by atoms with Gasteiger partial charge in [0.2, 0.25) is 0 Å². The Balaban J connectivity index is 3.30. The largest absolute Gasteiger partial charge is 0.467 e. The van der Waals surface area contributed by atoms with Crippen LogP contribution >= 0.6 is 0 Å². The summed E-state index contributed by atoms with van der Waals surface area (Å²) in [7, 11) is 3.23. The third-order valence-corrected chi connectivity index (χ3v) is 1.51. The van der Waals surface area contributed by atoms with Gasteiger partial charge in [-0.2, -0.15) is 0 Å². The highest BCUT2D eigenvalue weighted by molar-refractivity contribution is 5.70. The number of carbonyl (C=O) groups excluding carboxylic acids is 1. The molecule has 0 aliphatic rings. The van der Waals surface area contributed by atoms with Gasteiger partial charge in [-0.1, -0.05) is 0 Å². The fourth-order valence-electron chi connectivity index (χ4n) is 0.700. The van der Waals surface area contributed by atoms with Crippen molar-refractivity contribution in [1.82, 2.24) is 5.32 Å². The summed E-state index contributed by atoms with van der Waals surface area (Å²) in [6.45, 7) is 2.87. The maximum Gasteiger partial charge on any atom is 0.331 e. The number of rotatable bonds is 6. The first-order valence-electron chi connectivity index (χ1n) is 4.03. The Labute approximate surface area is 73.2 Å². The highest BCUT2D eigenvalue weighted by atomic mass is 16.6. The molecule has 0 saturated heterocycles. The zero-order valence-electron chi connectivity index (χ0n) is 7.92. The highest BCUT2D eigenvalue weighted by Gasteiger charge is 2.05. The van der Waals surface area contributed by atoms with Gasteiger partial charge in [0.15, 0.2) is 0 Å². The second-order valence-electron chi connectivity index (χ2n) is 2.59. The molecule has 0 saturated carbocycles. The molecular weight excluding hydrogens is 158 g/mol. The lowest BCUT2D eigenvalue weighted by molar-refractivity contribution is -0.147. The molecule has 0 aromatic rings. The van der Waals surface area contributed by atoms with Crippen LogP contribution in [0.2, 0.25) is 0 Å². The van der Waals surface area contributed by atoms with Crippen molar-refractivity contribution in [3.8, 4) is 0 Å². The minimum absolute atomic E-state index is 0.0430. The molecule has 1 unspecified atom stereocenters. The van der Waals surface area contributed by atoms with Crippen molar-refractivity contribution >= 4 is 5.97 Å². The molecule has 0 rings (SSSR count). The van der Waals surface area contributed by atoms with Crippen molar-refractivity contribution in [1.29, 1.82) is 0 Å². The molecule has 0 aliphatic carbocycles. The van der Waals surface area contributed by atoms with Gasteiger partial charge < -0.3 is 14.8 Å². The summed E-state index contributed by atoms with van der Waals surface area (Å²) in [5.74, 6) is -0.327. The molecule has 4 nitrogen and oxygen atoms in total. The zero-order chi connectivity index (χ0) is 9.40. The molecule has 12 heavy (non-hydrogen) atoms. The molecule has 4 heteroatoms. The van der Waals surface area contributed by atoms with Crippen LogP contribution in [-0.2, 0) is 14.3 Å². The Morgan fingerprint density at radius 1 is 1.58 bits per heavy atom. The fraction of sp³-hybridized carbons (Fsp3) is 0.875. The van der Waals surface area contributed by atoms with Gasteiger partial charge in [0.05, 0.1) is 13.2 Å². The van der Waals surface area contributed by atoms with E-state index in [1.165, 1.54) is 7.11 Å². The van der Waals surface area contributed by atoms with E-state index < -0.39 is 0 Å². The van der Waals surface area contributed by atoms with Gasteiger partial charge in [-0.25, -0.2) is 4.79 Å². The third kappa shape index (κ3) is 6.12. The van der Waals surface area contributed by atoms with Crippen LogP contribution in [0.4, 0.5) is 0 Å². The third-order valence-electron chi connectivity index (χ3n) is 1.51. The van der Waals surface area contributed by atoms with Crippen molar-refractivity contribution in [2.75, 3.05) is 27.3 Å². The van der Waals surface area contributed by atoms with E-state index in [0.717, 1.165) is 13.0 Å². The van der Waals surface area contributed by atoms with E-state index in [1.807, 2.05) is 14.0 Å². The van der Waals surface area contributed by atoms with Crippen LogP contribution in [0.1, 0.15) is 13.3 Å². The minimum Gasteiger partial charge on any atom is -0.467 e. The van der Waals surface area contributed by atoms with E-state index in [0.29, 0.717) is 0 Å². The topological polar surface area (TPSA) is 47.6 Å². The zero-order valence-corrected chi connectivity index (χ0v) is 7.92. The molecular formula is C8H17NO3. The van der Waals surface area contributed by atoms with E-state index >= 15 is 0 Å². The molecule has 0 radical (unpaired) electrons. The van der Waals surface area contributed by atoms with Crippen LogP contribution < -0.4 is 5.32 Å². The summed E-state index contributed by atoms with van der Waals surface area (Å²) in [6, 6.07) is 0. The minimum atomic E-state index is -0.327. The van der Waals surface area contributed by atoms with E-state index in [9.17, 15) is 4.79 Å². The molecule has 0 amide bonds. The second-order valence-corrected chi connectivity index (χ2v) is 2.59. The Bertz CT molecular complexity index is 127. The van der Waals surface area contributed by atoms with E-state index in [1.54, 1.807) is 0 Å². The molecule has 1 atom stereocenters. The van der Waals surface area contributed by atoms with Gasteiger partial charge in [-0.05, 0) is 26.9 Å². The fourth-order valence-corrected chi connectivity index (χ4v) is 0.700. The van der Waals surface area contributed by atoms with E-state index in [4.69, 9.17) is 4.74 Å². The van der Waals surface area contributed by atoms with Crippen LogP contribution in [0.5, 0.6) is 0 Å². The number of hydrogen-bond acceptors (Lipinski definition) is 4. The summed E-state index contributed by atoms with van der Waals surface area (Å²) in [5, 5.41) is 3.00. The smallest absolute Gasteiger partial charge is 0.331 e. The summed E-state index contributed by atoms with van der Waals surface area (Å²) in [5.41, 5.74) is 0. The Kier molecular flexibility index (Phi) is 6.70. The first-order chi connectivity index (χ1) is 5.70. The van der Waals surface area contributed by atoms with Gasteiger partial charge >= 0.3 is 5.97 Å². The van der Waals surface area contributed by atoms with Gasteiger partial charge in [0, 0.05) is 0 Å². The molecule has 0 spiro atoms. The number of nitrogens with one attached hydrogen (secondary N) is 1. The lowest BCUT2D eigenvalue weighted by Gasteiger charge is -2.10. The molecule has 1 N–H and O–H groups in total. The molecule has 0 fully saturated rings. The maximum absolute atomic E-state index is 10.6. The average Bonchev–Trinajstić information content (AvgIpc) is 2.10. The predicted octanol–water partition coefficient (Wildman–Crippen LogP) is 0.174. The number of esters is 1. The normalized spacial score (nSPS) is 12.6. The summed E-state index contributed by atoms with van der Waals surface area (Å²) >= 11 is 0. The lowest BCUT2D eigenvalue weighted by atomic mass is 10.3. The monoisotopic (exact) mass is 175 g/mol. The Hall–Kier alpha value is -0.610. The summed E-state index contributed by atoms with van der Waals surface area (Å²) in [4.78, 5) is 10.6. The molecule has 0 aromatic carbocycles. The predicted molar refractivity (Wildman–Crippen MR) is 46.0 cm³/mol. The summed E-state index contributed by atoms with van der Waals surface area (Å²) in [6.07, 6.45) is 0.990. The van der Waals surface area contributed by atoms with Gasteiger partial charge in [-0.15, -0.1) is 0 Å². The van der Waals surface area contributed by atoms with Crippen molar-refractivity contribution in [2.24, 2.45) is 0 Å².